The molecule has 0 radical (unpaired) electrons. The molecule has 37 heavy (non-hydrogen) atoms. The van der Waals surface area contributed by atoms with Crippen LogP contribution in [0.3, 0.4) is 0 Å². The Morgan fingerprint density at radius 3 is 1.62 bits per heavy atom. The minimum Gasteiger partial charge on any atom is -0.493 e. The van der Waals surface area contributed by atoms with Crippen molar-refractivity contribution in [2.24, 2.45) is 10.3 Å². The number of nitrogens with zero attached hydrogens (tertiary/aromatic N) is 2. The molecule has 0 heterocycles. The maximum atomic E-state index is 13.6. The summed E-state index contributed by atoms with van der Waals surface area (Å²) in [6, 6.07) is 14.9. The number of ether oxygens (including phenoxy) is 2. The van der Waals surface area contributed by atoms with Gasteiger partial charge in [0, 0.05) is 32.3 Å². The van der Waals surface area contributed by atoms with E-state index in [1.807, 2.05) is 62.4 Å². The number of oxime groups is 2. The Labute approximate surface area is 218 Å². The Kier molecular flexibility index (Phi) is 12.7. The van der Waals surface area contributed by atoms with Gasteiger partial charge in [-0.15, -0.1) is 0 Å². The topological polar surface area (TPSA) is 120 Å². The lowest BCUT2D eigenvalue weighted by Gasteiger charge is -2.20. The standard InChI is InChI=1S/C26H37N4O6P/c1-20(29-33-4)22-6-10-24(11-7-22)35-16-18-37(32,28-15-14-26(31)27-3)19-17-36-25-12-8-23(9-13-25)21(2)30-34-5/h6-13H,14-19H2,1-5H3,(H,27,31)(H,28,32)/b29-20+,30-21+. The van der Waals surface area contributed by atoms with Crippen LogP contribution in [0.25, 0.3) is 0 Å². The van der Waals surface area contributed by atoms with Gasteiger partial charge in [-0.25, -0.2) is 0 Å². The highest BCUT2D eigenvalue weighted by molar-refractivity contribution is 7.61. The third-order valence-corrected chi connectivity index (χ3v) is 8.08. The number of carbonyl (C=O) groups is 1. The molecule has 11 heteroatoms. The lowest BCUT2D eigenvalue weighted by molar-refractivity contribution is -0.120. The van der Waals surface area contributed by atoms with Crippen molar-refractivity contribution in [1.82, 2.24) is 10.4 Å². The fraction of sp³-hybridized carbons (Fsp3) is 0.423. The second-order valence-corrected chi connectivity index (χ2v) is 11.1. The Hall–Kier alpha value is -3.36. The summed E-state index contributed by atoms with van der Waals surface area (Å²) in [5.41, 5.74) is 3.35. The van der Waals surface area contributed by atoms with Crippen molar-refractivity contribution in [2.45, 2.75) is 20.3 Å². The van der Waals surface area contributed by atoms with E-state index in [2.05, 4.69) is 20.7 Å². The largest absolute Gasteiger partial charge is 0.493 e. The van der Waals surface area contributed by atoms with E-state index in [-0.39, 0.29) is 25.5 Å². The molecule has 0 saturated carbocycles. The average Bonchev–Trinajstić information content (AvgIpc) is 2.89. The zero-order chi connectivity index (χ0) is 27.1. The molecular weight excluding hydrogens is 495 g/mol. The van der Waals surface area contributed by atoms with Gasteiger partial charge >= 0.3 is 0 Å². The minimum atomic E-state index is -2.88. The zero-order valence-electron chi connectivity index (χ0n) is 22.2. The van der Waals surface area contributed by atoms with Crippen molar-refractivity contribution >= 4 is 24.6 Å². The number of amides is 1. The maximum Gasteiger partial charge on any atom is 0.221 e. The molecule has 202 valence electrons. The average molecular weight is 533 g/mol. The van der Waals surface area contributed by atoms with Crippen molar-refractivity contribution in [1.29, 1.82) is 0 Å². The van der Waals surface area contributed by atoms with Gasteiger partial charge in [-0.05, 0) is 73.5 Å². The number of hydrogen-bond donors (Lipinski definition) is 2. The summed E-state index contributed by atoms with van der Waals surface area (Å²) in [6.45, 7) is 4.51. The number of carbonyl (C=O) groups excluding carboxylic acids is 1. The summed E-state index contributed by atoms with van der Waals surface area (Å²) >= 11 is 0. The van der Waals surface area contributed by atoms with E-state index in [0.717, 1.165) is 22.6 Å². The van der Waals surface area contributed by atoms with Crippen LogP contribution in [0.2, 0.25) is 0 Å². The van der Waals surface area contributed by atoms with Crippen molar-refractivity contribution in [2.75, 3.05) is 53.3 Å². The molecule has 0 spiro atoms. The summed E-state index contributed by atoms with van der Waals surface area (Å²) in [6.07, 6.45) is 0.819. The van der Waals surface area contributed by atoms with Crippen molar-refractivity contribution in [3.63, 3.8) is 0 Å². The third-order valence-electron chi connectivity index (χ3n) is 5.47. The summed E-state index contributed by atoms with van der Waals surface area (Å²) < 4.78 is 25.3. The minimum absolute atomic E-state index is 0.119. The second kappa shape index (κ2) is 15.7. The fourth-order valence-corrected chi connectivity index (χ4v) is 5.19. The summed E-state index contributed by atoms with van der Waals surface area (Å²) in [7, 11) is 1.70. The molecule has 2 aromatic rings. The van der Waals surface area contributed by atoms with Gasteiger partial charge in [0.25, 0.3) is 0 Å². The predicted octanol–water partition coefficient (Wildman–Crippen LogP) is 3.89. The van der Waals surface area contributed by atoms with Crippen LogP contribution >= 0.6 is 7.29 Å². The number of rotatable bonds is 16. The molecule has 0 fully saturated rings. The first kappa shape index (κ1) is 29.9. The molecule has 0 unspecified atom stereocenters. The Bertz CT molecular complexity index is 1010. The lowest BCUT2D eigenvalue weighted by atomic mass is 10.1. The number of benzene rings is 2. The van der Waals surface area contributed by atoms with Crippen LogP contribution in [0.15, 0.2) is 58.8 Å². The van der Waals surface area contributed by atoms with E-state index in [9.17, 15) is 9.36 Å². The molecule has 10 nitrogen and oxygen atoms in total. The molecule has 0 saturated heterocycles. The van der Waals surface area contributed by atoms with Crippen LogP contribution in [0.5, 0.6) is 11.5 Å². The van der Waals surface area contributed by atoms with Gasteiger partial charge in [-0.2, -0.15) is 0 Å². The first-order valence-corrected chi connectivity index (χ1v) is 14.0. The molecule has 0 atom stereocenters. The van der Waals surface area contributed by atoms with Crippen LogP contribution in [0.1, 0.15) is 31.4 Å². The highest BCUT2D eigenvalue weighted by Crippen LogP contribution is 2.40. The Morgan fingerprint density at radius 1 is 0.811 bits per heavy atom. The van der Waals surface area contributed by atoms with Crippen LogP contribution in [-0.2, 0) is 19.0 Å². The quantitative estimate of drug-likeness (QED) is 0.191. The number of hydrogen-bond acceptors (Lipinski definition) is 8. The molecular formula is C26H37N4O6P. The maximum absolute atomic E-state index is 13.6. The smallest absolute Gasteiger partial charge is 0.221 e. The van der Waals surface area contributed by atoms with Gasteiger partial charge in [0.1, 0.15) is 25.7 Å². The highest BCUT2D eigenvalue weighted by Gasteiger charge is 2.22. The van der Waals surface area contributed by atoms with Crippen LogP contribution in [0, 0.1) is 0 Å². The van der Waals surface area contributed by atoms with E-state index in [1.54, 1.807) is 7.05 Å². The monoisotopic (exact) mass is 532 g/mol. The first-order chi connectivity index (χ1) is 17.8. The highest BCUT2D eigenvalue weighted by atomic mass is 31.2. The summed E-state index contributed by atoms with van der Waals surface area (Å²) in [5, 5.41) is 13.5. The van der Waals surface area contributed by atoms with Gasteiger partial charge in [0.05, 0.1) is 24.6 Å². The van der Waals surface area contributed by atoms with E-state index in [0.29, 0.717) is 30.4 Å². The fourth-order valence-electron chi connectivity index (χ4n) is 3.35. The molecule has 2 N–H and O–H groups in total. The molecule has 2 aromatic carbocycles. The van der Waals surface area contributed by atoms with E-state index in [4.69, 9.17) is 19.1 Å². The van der Waals surface area contributed by atoms with E-state index in [1.165, 1.54) is 14.2 Å². The molecule has 0 aliphatic heterocycles. The van der Waals surface area contributed by atoms with Crippen LogP contribution in [-0.4, -0.2) is 70.7 Å². The first-order valence-electron chi connectivity index (χ1n) is 12.0. The summed E-state index contributed by atoms with van der Waals surface area (Å²) in [4.78, 5) is 21.2. The van der Waals surface area contributed by atoms with Crippen LogP contribution in [0.4, 0.5) is 0 Å². The van der Waals surface area contributed by atoms with Gasteiger partial charge in [0.15, 0.2) is 7.29 Å². The zero-order valence-corrected chi connectivity index (χ0v) is 23.0. The van der Waals surface area contributed by atoms with Crippen molar-refractivity contribution in [3.05, 3.63) is 59.7 Å². The molecule has 1 amide bonds. The van der Waals surface area contributed by atoms with Gasteiger partial charge in [-0.1, -0.05) is 10.3 Å². The second-order valence-electron chi connectivity index (χ2n) is 8.13. The molecule has 0 aliphatic rings. The van der Waals surface area contributed by atoms with Crippen LogP contribution < -0.4 is 19.9 Å². The van der Waals surface area contributed by atoms with Gasteiger partial charge in [0.2, 0.25) is 5.91 Å². The lowest BCUT2D eigenvalue weighted by Crippen LogP contribution is -2.26. The Morgan fingerprint density at radius 2 is 1.24 bits per heavy atom. The summed E-state index contributed by atoms with van der Waals surface area (Å²) in [5.74, 6) is 1.20. The van der Waals surface area contributed by atoms with Gasteiger partial charge in [-0.3, -0.25) is 9.88 Å². The molecule has 2 rings (SSSR count). The SMILES string of the molecule is CNC(=O)CCNP(=O)(CCOc1ccc(/C(C)=N/OC)cc1)CCOc1ccc(/C(C)=N/OC)cc1. The molecule has 0 aliphatic carbocycles. The van der Waals surface area contributed by atoms with E-state index >= 15 is 0 Å². The number of nitrogens with one attached hydrogen (secondary N) is 2. The van der Waals surface area contributed by atoms with E-state index < -0.39 is 7.29 Å². The normalized spacial score (nSPS) is 12.1. The van der Waals surface area contributed by atoms with Gasteiger partial charge < -0.3 is 29.0 Å². The van der Waals surface area contributed by atoms with Crippen molar-refractivity contribution in [3.8, 4) is 11.5 Å². The third kappa shape index (κ3) is 10.7. The van der Waals surface area contributed by atoms with Crippen molar-refractivity contribution < 1.29 is 28.5 Å². The Balaban J connectivity index is 1.94. The molecule has 0 aromatic heterocycles. The molecule has 0 bridgehead atoms. The predicted molar refractivity (Wildman–Crippen MR) is 146 cm³/mol.